The molecule has 5 heteroatoms. The Hall–Kier alpha value is -0.680. The molecule has 0 spiro atoms. The van der Waals surface area contributed by atoms with Crippen LogP contribution in [0.15, 0.2) is 0 Å². The van der Waals surface area contributed by atoms with Crippen LogP contribution in [0.4, 0.5) is 5.13 Å². The van der Waals surface area contributed by atoms with Crippen molar-refractivity contribution in [2.75, 3.05) is 11.4 Å². The molecular weight excluding hydrogens is 208 g/mol. The molecule has 0 radical (unpaired) electrons. The third kappa shape index (κ3) is 2.29. The number of aryl methyl sites for hydroxylation is 1. The lowest BCUT2D eigenvalue weighted by atomic mass is 9.98. The fraction of sp³-hybridized carbons (Fsp3) is 0.800. The van der Waals surface area contributed by atoms with Crippen molar-refractivity contribution >= 4 is 16.5 Å². The van der Waals surface area contributed by atoms with E-state index in [1.165, 1.54) is 19.3 Å². The molecule has 84 valence electrons. The smallest absolute Gasteiger partial charge is 0.208 e. The summed E-state index contributed by atoms with van der Waals surface area (Å²) in [4.78, 5) is 2.33. The highest BCUT2D eigenvalue weighted by molar-refractivity contribution is 7.15. The van der Waals surface area contributed by atoms with E-state index in [-0.39, 0.29) is 6.04 Å². The zero-order valence-corrected chi connectivity index (χ0v) is 10.1. The summed E-state index contributed by atoms with van der Waals surface area (Å²) in [5.74, 6) is 0. The predicted octanol–water partition coefficient (Wildman–Crippen LogP) is 1.55. The van der Waals surface area contributed by atoms with E-state index in [0.29, 0.717) is 6.04 Å². The van der Waals surface area contributed by atoms with E-state index in [9.17, 15) is 0 Å². The molecule has 0 aliphatic carbocycles. The van der Waals surface area contributed by atoms with Crippen molar-refractivity contribution < 1.29 is 0 Å². The van der Waals surface area contributed by atoms with Gasteiger partial charge in [-0.3, -0.25) is 0 Å². The third-order valence-electron chi connectivity index (χ3n) is 2.92. The molecule has 1 saturated heterocycles. The maximum Gasteiger partial charge on any atom is 0.208 e. The molecule has 1 fully saturated rings. The van der Waals surface area contributed by atoms with Crippen molar-refractivity contribution in [3.05, 3.63) is 5.01 Å². The van der Waals surface area contributed by atoms with Gasteiger partial charge in [0.05, 0.1) is 0 Å². The Balaban J connectivity index is 2.17. The quantitative estimate of drug-likeness (QED) is 0.831. The molecule has 0 aromatic carbocycles. The average Bonchev–Trinajstić information content (AvgIpc) is 2.65. The largest absolute Gasteiger partial charge is 0.342 e. The van der Waals surface area contributed by atoms with Gasteiger partial charge < -0.3 is 10.6 Å². The van der Waals surface area contributed by atoms with Gasteiger partial charge in [-0.25, -0.2) is 0 Å². The van der Waals surface area contributed by atoms with Crippen LogP contribution in [-0.4, -0.2) is 28.8 Å². The van der Waals surface area contributed by atoms with E-state index in [1.807, 2.05) is 6.92 Å². The minimum Gasteiger partial charge on any atom is -0.342 e. The molecule has 1 aromatic rings. The molecule has 4 nitrogen and oxygen atoms in total. The summed E-state index contributed by atoms with van der Waals surface area (Å²) in [6.45, 7) is 5.14. The summed E-state index contributed by atoms with van der Waals surface area (Å²) in [6, 6.07) is 0.639. The Kier molecular flexibility index (Phi) is 3.21. The number of hydrogen-bond acceptors (Lipinski definition) is 5. The van der Waals surface area contributed by atoms with E-state index in [2.05, 4.69) is 22.0 Å². The van der Waals surface area contributed by atoms with E-state index in [1.54, 1.807) is 11.3 Å². The number of nitrogens with zero attached hydrogens (tertiary/aromatic N) is 3. The van der Waals surface area contributed by atoms with Gasteiger partial charge in [-0.15, -0.1) is 10.2 Å². The molecule has 2 N–H and O–H groups in total. The second kappa shape index (κ2) is 4.45. The van der Waals surface area contributed by atoms with Gasteiger partial charge in [0.15, 0.2) is 0 Å². The molecule has 15 heavy (non-hydrogen) atoms. The molecule has 2 atom stereocenters. The topological polar surface area (TPSA) is 55.0 Å². The van der Waals surface area contributed by atoms with Crippen LogP contribution in [0.25, 0.3) is 0 Å². The highest BCUT2D eigenvalue weighted by Crippen LogP contribution is 2.28. The van der Waals surface area contributed by atoms with Crippen molar-refractivity contribution in [3.63, 3.8) is 0 Å². The lowest BCUT2D eigenvalue weighted by Crippen LogP contribution is -2.49. The number of piperidine rings is 1. The summed E-state index contributed by atoms with van der Waals surface area (Å²) >= 11 is 1.66. The number of hydrogen-bond donors (Lipinski definition) is 1. The summed E-state index contributed by atoms with van der Waals surface area (Å²) in [7, 11) is 0. The second-order valence-electron chi connectivity index (χ2n) is 4.22. The monoisotopic (exact) mass is 226 g/mol. The average molecular weight is 226 g/mol. The fourth-order valence-electron chi connectivity index (χ4n) is 2.14. The van der Waals surface area contributed by atoms with E-state index in [4.69, 9.17) is 5.73 Å². The van der Waals surface area contributed by atoms with Crippen LogP contribution < -0.4 is 10.6 Å². The van der Waals surface area contributed by atoms with Gasteiger partial charge in [-0.2, -0.15) is 0 Å². The minimum atomic E-state index is 0.203. The Morgan fingerprint density at radius 2 is 2.27 bits per heavy atom. The number of rotatable bonds is 2. The lowest BCUT2D eigenvalue weighted by Gasteiger charge is -2.37. The number of aromatic nitrogens is 2. The zero-order chi connectivity index (χ0) is 10.8. The number of anilines is 1. The molecule has 1 aromatic heterocycles. The van der Waals surface area contributed by atoms with Crippen LogP contribution in [0.5, 0.6) is 0 Å². The van der Waals surface area contributed by atoms with Crippen LogP contribution in [0, 0.1) is 6.92 Å². The maximum atomic E-state index is 6.02. The maximum absolute atomic E-state index is 6.02. The molecule has 2 heterocycles. The Labute approximate surface area is 94.5 Å². The van der Waals surface area contributed by atoms with Gasteiger partial charge in [-0.05, 0) is 33.1 Å². The molecule has 0 amide bonds. The molecule has 2 unspecified atom stereocenters. The highest BCUT2D eigenvalue weighted by Gasteiger charge is 2.27. The molecule has 1 aliphatic heterocycles. The summed E-state index contributed by atoms with van der Waals surface area (Å²) in [5.41, 5.74) is 6.02. The standard InChI is InChI=1S/C10H18N4S/c1-7(11)9-5-3-4-6-14(9)10-13-12-8(2)15-10/h7,9H,3-6,11H2,1-2H3. The van der Waals surface area contributed by atoms with Crippen LogP contribution in [-0.2, 0) is 0 Å². The van der Waals surface area contributed by atoms with Gasteiger partial charge in [0, 0.05) is 18.6 Å². The minimum absolute atomic E-state index is 0.203. The summed E-state index contributed by atoms with van der Waals surface area (Å²) in [5, 5.41) is 10.3. The predicted molar refractivity (Wildman–Crippen MR) is 63.3 cm³/mol. The Morgan fingerprint density at radius 1 is 1.47 bits per heavy atom. The molecular formula is C10H18N4S. The lowest BCUT2D eigenvalue weighted by molar-refractivity contribution is 0.412. The van der Waals surface area contributed by atoms with Crippen molar-refractivity contribution in [2.24, 2.45) is 5.73 Å². The zero-order valence-electron chi connectivity index (χ0n) is 9.31. The normalized spacial score (nSPS) is 24.2. The molecule has 0 bridgehead atoms. The van der Waals surface area contributed by atoms with Gasteiger partial charge in [-0.1, -0.05) is 11.3 Å². The SMILES string of the molecule is Cc1nnc(N2CCCCC2C(C)N)s1. The van der Waals surface area contributed by atoms with Gasteiger partial charge >= 0.3 is 0 Å². The molecule has 1 aliphatic rings. The van der Waals surface area contributed by atoms with Gasteiger partial charge in [0.2, 0.25) is 5.13 Å². The van der Waals surface area contributed by atoms with Gasteiger partial charge in [0.25, 0.3) is 0 Å². The van der Waals surface area contributed by atoms with Crippen LogP contribution in [0.3, 0.4) is 0 Å². The second-order valence-corrected chi connectivity index (χ2v) is 5.38. The van der Waals surface area contributed by atoms with E-state index >= 15 is 0 Å². The summed E-state index contributed by atoms with van der Waals surface area (Å²) in [6.07, 6.45) is 3.69. The van der Waals surface area contributed by atoms with Crippen LogP contribution >= 0.6 is 11.3 Å². The third-order valence-corrected chi connectivity index (χ3v) is 3.79. The van der Waals surface area contributed by atoms with Crippen molar-refractivity contribution in [1.29, 1.82) is 0 Å². The highest BCUT2D eigenvalue weighted by atomic mass is 32.1. The molecule has 0 saturated carbocycles. The first-order valence-electron chi connectivity index (χ1n) is 5.51. The van der Waals surface area contributed by atoms with E-state index < -0.39 is 0 Å². The first-order valence-corrected chi connectivity index (χ1v) is 6.32. The first kappa shape index (κ1) is 10.8. The van der Waals surface area contributed by atoms with Crippen LogP contribution in [0.2, 0.25) is 0 Å². The van der Waals surface area contributed by atoms with Crippen molar-refractivity contribution in [2.45, 2.75) is 45.2 Å². The van der Waals surface area contributed by atoms with E-state index in [0.717, 1.165) is 16.7 Å². The number of nitrogens with two attached hydrogens (primary N) is 1. The van der Waals surface area contributed by atoms with Gasteiger partial charge in [0.1, 0.15) is 5.01 Å². The Bertz CT molecular complexity index is 323. The van der Waals surface area contributed by atoms with Crippen molar-refractivity contribution in [1.82, 2.24) is 10.2 Å². The fourth-order valence-corrected chi connectivity index (χ4v) is 2.92. The van der Waals surface area contributed by atoms with Crippen molar-refractivity contribution in [3.8, 4) is 0 Å². The summed E-state index contributed by atoms with van der Waals surface area (Å²) < 4.78 is 0. The molecule has 2 rings (SSSR count). The Morgan fingerprint density at radius 3 is 2.87 bits per heavy atom. The van der Waals surface area contributed by atoms with Crippen LogP contribution in [0.1, 0.15) is 31.2 Å². The first-order chi connectivity index (χ1) is 7.18.